The van der Waals surface area contributed by atoms with Crippen LogP contribution in [0.1, 0.15) is 26.3 Å². The number of hydrogen-bond donors (Lipinski definition) is 3. The first-order chi connectivity index (χ1) is 13.0. The van der Waals surface area contributed by atoms with E-state index in [9.17, 15) is 26.4 Å². The summed E-state index contributed by atoms with van der Waals surface area (Å²) >= 11 is 0. The lowest BCUT2D eigenvalue weighted by Crippen LogP contribution is -2.35. The number of carbonyl (C=O) groups excluding carboxylic acids is 2. The number of benzene rings is 2. The van der Waals surface area contributed by atoms with Crippen LogP contribution in [0.4, 0.5) is 5.69 Å². The molecule has 4 rings (SSSR count). The van der Waals surface area contributed by atoms with E-state index in [0.29, 0.717) is 11.3 Å². The minimum absolute atomic E-state index is 0.0440. The molecule has 0 spiro atoms. The molecule has 2 aliphatic rings. The minimum atomic E-state index is -4.49. The van der Waals surface area contributed by atoms with Gasteiger partial charge in [-0.3, -0.25) is 18.7 Å². The van der Waals surface area contributed by atoms with Crippen LogP contribution in [-0.2, 0) is 26.7 Å². The Morgan fingerprint density at radius 2 is 1.39 bits per heavy atom. The Bertz CT molecular complexity index is 1160. The SMILES string of the molecule is O=C1c2cc(S(=O)(=O)O)ccc2CC1C1Nc2ccc(S(=O)(=O)O)cc2C1=O. The van der Waals surface area contributed by atoms with E-state index in [-0.39, 0.29) is 17.5 Å². The molecule has 1 aliphatic heterocycles. The van der Waals surface area contributed by atoms with E-state index >= 15 is 0 Å². The molecule has 9 nitrogen and oxygen atoms in total. The molecule has 1 aliphatic carbocycles. The molecule has 0 radical (unpaired) electrons. The predicted octanol–water partition coefficient (Wildman–Crippen LogP) is 1.21. The van der Waals surface area contributed by atoms with Gasteiger partial charge in [0.15, 0.2) is 11.6 Å². The first-order valence-corrected chi connectivity index (χ1v) is 10.9. The van der Waals surface area contributed by atoms with Crippen molar-refractivity contribution in [2.24, 2.45) is 5.92 Å². The molecule has 0 saturated carbocycles. The van der Waals surface area contributed by atoms with Gasteiger partial charge in [-0.05, 0) is 42.3 Å². The summed E-state index contributed by atoms with van der Waals surface area (Å²) in [6, 6.07) is 6.24. The fraction of sp³-hybridized carbons (Fsp3) is 0.176. The lowest BCUT2D eigenvalue weighted by Gasteiger charge is -2.16. The molecular weight excluding hydrogens is 410 g/mol. The topological polar surface area (TPSA) is 155 Å². The van der Waals surface area contributed by atoms with Crippen LogP contribution in [0.25, 0.3) is 0 Å². The van der Waals surface area contributed by atoms with E-state index in [0.717, 1.165) is 18.2 Å². The fourth-order valence-corrected chi connectivity index (χ4v) is 4.63. The smallest absolute Gasteiger partial charge is 0.294 e. The quantitative estimate of drug-likeness (QED) is 0.618. The monoisotopic (exact) mass is 423 g/mol. The van der Waals surface area contributed by atoms with Crippen LogP contribution in [0.2, 0.25) is 0 Å². The fourth-order valence-electron chi connectivity index (χ4n) is 3.62. The first kappa shape index (κ1) is 18.7. The lowest BCUT2D eigenvalue weighted by molar-refractivity contribution is 0.0857. The summed E-state index contributed by atoms with van der Waals surface area (Å²) in [5.74, 6) is -1.77. The van der Waals surface area contributed by atoms with Gasteiger partial charge in [0.25, 0.3) is 20.2 Å². The Balaban J connectivity index is 1.67. The summed E-state index contributed by atoms with van der Waals surface area (Å²) in [4.78, 5) is 24.7. The van der Waals surface area contributed by atoms with E-state index in [1.807, 2.05) is 0 Å². The highest BCUT2D eigenvalue weighted by molar-refractivity contribution is 7.86. The summed E-state index contributed by atoms with van der Waals surface area (Å²) in [6.45, 7) is 0. The Morgan fingerprint density at radius 3 is 2.00 bits per heavy atom. The maximum atomic E-state index is 12.8. The van der Waals surface area contributed by atoms with Crippen molar-refractivity contribution in [3.63, 3.8) is 0 Å². The van der Waals surface area contributed by atoms with E-state index in [1.54, 1.807) is 0 Å². The van der Waals surface area contributed by atoms with Gasteiger partial charge in [0, 0.05) is 16.8 Å². The van der Waals surface area contributed by atoms with Gasteiger partial charge in [0.1, 0.15) is 6.04 Å². The van der Waals surface area contributed by atoms with Crippen LogP contribution >= 0.6 is 0 Å². The van der Waals surface area contributed by atoms with Crippen molar-refractivity contribution in [3.8, 4) is 0 Å². The van der Waals surface area contributed by atoms with Crippen LogP contribution < -0.4 is 5.32 Å². The van der Waals surface area contributed by atoms with E-state index in [2.05, 4.69) is 5.32 Å². The summed E-state index contributed by atoms with van der Waals surface area (Å²) < 4.78 is 63.5. The molecule has 0 fully saturated rings. The van der Waals surface area contributed by atoms with Crippen molar-refractivity contribution < 1.29 is 35.5 Å². The van der Waals surface area contributed by atoms with Crippen molar-refractivity contribution in [1.82, 2.24) is 0 Å². The molecule has 2 atom stereocenters. The number of rotatable bonds is 3. The number of Topliss-reactive ketones (excluding diaryl/α,β-unsaturated/α-hetero) is 2. The van der Waals surface area contributed by atoms with Crippen LogP contribution in [-0.4, -0.2) is 43.5 Å². The van der Waals surface area contributed by atoms with Gasteiger partial charge in [-0.2, -0.15) is 16.8 Å². The number of ketones is 2. The van der Waals surface area contributed by atoms with Crippen molar-refractivity contribution in [2.45, 2.75) is 22.3 Å². The second-order valence-corrected chi connectivity index (χ2v) is 9.48. The van der Waals surface area contributed by atoms with Crippen LogP contribution in [0.5, 0.6) is 0 Å². The molecular formula is C17H13NO8S2. The maximum Gasteiger partial charge on any atom is 0.294 e. The van der Waals surface area contributed by atoms with Crippen molar-refractivity contribution in [2.75, 3.05) is 5.32 Å². The molecule has 0 bridgehead atoms. The second kappa shape index (κ2) is 5.95. The highest BCUT2D eigenvalue weighted by atomic mass is 32.2. The third-order valence-corrected chi connectivity index (χ3v) is 6.67. The standard InChI is InChI=1S/C17H13NO8S2/c19-16-11-6-9(27(21,22)23)2-1-8(11)5-13(16)15-17(20)12-7-10(28(24,25)26)3-4-14(12)18-15/h1-4,6-7,13,15,18H,5H2,(H,21,22,23)(H,24,25,26). The zero-order chi connectivity index (χ0) is 20.4. The molecule has 0 aromatic heterocycles. The zero-order valence-electron chi connectivity index (χ0n) is 14.0. The molecule has 2 unspecified atom stereocenters. The summed E-state index contributed by atoms with van der Waals surface area (Å²) in [5.41, 5.74) is 1.04. The van der Waals surface area contributed by atoms with Gasteiger partial charge in [-0.25, -0.2) is 0 Å². The zero-order valence-corrected chi connectivity index (χ0v) is 15.6. The lowest BCUT2D eigenvalue weighted by atomic mass is 9.92. The molecule has 3 N–H and O–H groups in total. The number of anilines is 1. The third-order valence-electron chi connectivity index (χ3n) is 4.97. The van der Waals surface area contributed by atoms with Crippen LogP contribution in [0.3, 0.4) is 0 Å². The Labute approximate surface area is 159 Å². The van der Waals surface area contributed by atoms with E-state index in [4.69, 9.17) is 9.11 Å². The van der Waals surface area contributed by atoms with Gasteiger partial charge in [0.05, 0.1) is 15.7 Å². The highest BCUT2D eigenvalue weighted by Gasteiger charge is 2.44. The average molecular weight is 423 g/mol. The maximum absolute atomic E-state index is 12.8. The van der Waals surface area contributed by atoms with Crippen LogP contribution in [0, 0.1) is 5.92 Å². The Morgan fingerprint density at radius 1 is 0.821 bits per heavy atom. The third kappa shape index (κ3) is 2.92. The molecule has 0 saturated heterocycles. The Kier molecular flexibility index (Phi) is 3.98. The molecule has 146 valence electrons. The number of hydrogen-bond acceptors (Lipinski definition) is 7. The first-order valence-electron chi connectivity index (χ1n) is 8.04. The largest absolute Gasteiger partial charge is 0.374 e. The van der Waals surface area contributed by atoms with E-state index in [1.165, 1.54) is 18.2 Å². The van der Waals surface area contributed by atoms with Gasteiger partial charge in [-0.1, -0.05) is 6.07 Å². The van der Waals surface area contributed by atoms with Gasteiger partial charge in [-0.15, -0.1) is 0 Å². The average Bonchev–Trinajstić information content (AvgIpc) is 3.10. The minimum Gasteiger partial charge on any atom is -0.374 e. The number of carbonyl (C=O) groups is 2. The summed E-state index contributed by atoms with van der Waals surface area (Å²) in [6.07, 6.45) is 0.183. The number of fused-ring (bicyclic) bond motifs is 2. The van der Waals surface area contributed by atoms with Crippen molar-refractivity contribution in [1.29, 1.82) is 0 Å². The van der Waals surface area contributed by atoms with Crippen molar-refractivity contribution >= 4 is 37.5 Å². The molecule has 2 aromatic carbocycles. The summed E-state index contributed by atoms with van der Waals surface area (Å²) in [7, 11) is -8.96. The Hall–Kier alpha value is -2.60. The molecule has 0 amide bonds. The molecule has 11 heteroatoms. The molecule has 28 heavy (non-hydrogen) atoms. The summed E-state index contributed by atoms with van der Waals surface area (Å²) in [5, 5.41) is 2.90. The van der Waals surface area contributed by atoms with Gasteiger partial charge < -0.3 is 5.32 Å². The normalized spacial score (nSPS) is 21.4. The van der Waals surface area contributed by atoms with Gasteiger partial charge in [0.2, 0.25) is 0 Å². The van der Waals surface area contributed by atoms with Gasteiger partial charge >= 0.3 is 0 Å². The highest BCUT2D eigenvalue weighted by Crippen LogP contribution is 2.37. The van der Waals surface area contributed by atoms with Crippen LogP contribution in [0.15, 0.2) is 46.2 Å². The molecule has 2 aromatic rings. The predicted molar refractivity (Wildman–Crippen MR) is 95.8 cm³/mol. The molecule has 1 heterocycles. The van der Waals surface area contributed by atoms with Crippen molar-refractivity contribution in [3.05, 3.63) is 53.1 Å². The second-order valence-electron chi connectivity index (χ2n) is 6.64. The number of nitrogens with one attached hydrogen (secondary N) is 1. The van der Waals surface area contributed by atoms with E-state index < -0.39 is 53.6 Å².